The fourth-order valence-electron chi connectivity index (χ4n) is 1.79. The van der Waals surface area contributed by atoms with E-state index in [1.54, 1.807) is 17.6 Å². The highest BCUT2D eigenvalue weighted by atomic mass is 35.5. The molecule has 0 atom stereocenters. The lowest BCUT2D eigenvalue weighted by atomic mass is 10.1. The topological polar surface area (TPSA) is 62.2 Å². The van der Waals surface area contributed by atoms with Crippen molar-refractivity contribution in [1.29, 1.82) is 0 Å². The Labute approximate surface area is 103 Å². The number of hydroxylamine groups is 1. The van der Waals surface area contributed by atoms with Gasteiger partial charge in [0.1, 0.15) is 5.69 Å². The van der Waals surface area contributed by atoms with E-state index in [-0.39, 0.29) is 5.69 Å². The van der Waals surface area contributed by atoms with Gasteiger partial charge in [0.25, 0.3) is 5.91 Å². The molecule has 2 N–H and O–H groups in total. The van der Waals surface area contributed by atoms with E-state index >= 15 is 0 Å². The lowest BCUT2D eigenvalue weighted by Gasteiger charge is -2.08. The number of nitrogens with zero attached hydrogens (tertiary/aromatic N) is 1. The minimum Gasteiger partial charge on any atom is -0.288 e. The van der Waals surface area contributed by atoms with Crippen molar-refractivity contribution in [1.82, 2.24) is 10.5 Å². The summed E-state index contributed by atoms with van der Waals surface area (Å²) in [6, 6.07) is 5.25. The quantitative estimate of drug-likeness (QED) is 0.604. The number of hydrogen-bond acceptors (Lipinski definition) is 3. The standard InChI is InChI=1S/C12H11ClN2O2/c1-6-3-4-8(13)10-7(2)5-9(12(16)15-17)14-11(6)10/h3-5,17H,1-2H3,(H,15,16). The molecule has 1 aromatic heterocycles. The molecule has 2 rings (SSSR count). The molecule has 0 aliphatic carbocycles. The van der Waals surface area contributed by atoms with Gasteiger partial charge in [0.2, 0.25) is 0 Å². The van der Waals surface area contributed by atoms with Crippen molar-refractivity contribution in [3.05, 3.63) is 40.0 Å². The van der Waals surface area contributed by atoms with Crippen molar-refractivity contribution in [3.8, 4) is 0 Å². The first-order valence-corrected chi connectivity index (χ1v) is 5.43. The molecule has 0 fully saturated rings. The molecule has 5 heteroatoms. The van der Waals surface area contributed by atoms with Crippen molar-refractivity contribution in [2.45, 2.75) is 13.8 Å². The van der Waals surface area contributed by atoms with Gasteiger partial charge in [-0.05, 0) is 37.1 Å². The van der Waals surface area contributed by atoms with Crippen LogP contribution in [0.3, 0.4) is 0 Å². The third-order valence-electron chi connectivity index (χ3n) is 2.64. The number of hydrogen-bond donors (Lipinski definition) is 2. The largest absolute Gasteiger partial charge is 0.293 e. The van der Waals surface area contributed by atoms with Gasteiger partial charge in [-0.15, -0.1) is 0 Å². The van der Waals surface area contributed by atoms with Gasteiger partial charge >= 0.3 is 0 Å². The van der Waals surface area contributed by atoms with Crippen LogP contribution in [0.25, 0.3) is 10.9 Å². The molecule has 0 unspecified atom stereocenters. The summed E-state index contributed by atoms with van der Waals surface area (Å²) < 4.78 is 0. The van der Waals surface area contributed by atoms with E-state index < -0.39 is 5.91 Å². The third-order valence-corrected chi connectivity index (χ3v) is 2.96. The maximum atomic E-state index is 11.3. The molecule has 0 bridgehead atoms. The second kappa shape index (κ2) is 4.31. The zero-order valence-electron chi connectivity index (χ0n) is 9.41. The van der Waals surface area contributed by atoms with Gasteiger partial charge in [0, 0.05) is 5.39 Å². The lowest BCUT2D eigenvalue weighted by Crippen LogP contribution is -2.20. The second-order valence-corrected chi connectivity index (χ2v) is 4.26. The molecule has 0 radical (unpaired) electrons. The van der Waals surface area contributed by atoms with Crippen LogP contribution in [0.15, 0.2) is 18.2 Å². The summed E-state index contributed by atoms with van der Waals surface area (Å²) >= 11 is 6.11. The summed E-state index contributed by atoms with van der Waals surface area (Å²) in [6.07, 6.45) is 0. The number of aryl methyl sites for hydroxylation is 2. The van der Waals surface area contributed by atoms with Crippen LogP contribution in [-0.4, -0.2) is 16.1 Å². The highest BCUT2D eigenvalue weighted by Gasteiger charge is 2.12. The Balaban J connectivity index is 2.82. The normalized spacial score (nSPS) is 10.6. The number of nitrogens with one attached hydrogen (secondary N) is 1. The summed E-state index contributed by atoms with van der Waals surface area (Å²) in [4.78, 5) is 15.6. The van der Waals surface area contributed by atoms with Gasteiger partial charge < -0.3 is 0 Å². The van der Waals surface area contributed by atoms with Gasteiger partial charge in [-0.3, -0.25) is 10.0 Å². The molecule has 1 amide bonds. The fraction of sp³-hybridized carbons (Fsp3) is 0.167. The molecule has 88 valence electrons. The van der Waals surface area contributed by atoms with Crippen LogP contribution >= 0.6 is 11.6 Å². The van der Waals surface area contributed by atoms with Gasteiger partial charge in [0.15, 0.2) is 0 Å². The molecule has 0 spiro atoms. The van der Waals surface area contributed by atoms with E-state index in [1.807, 2.05) is 19.9 Å². The van der Waals surface area contributed by atoms with E-state index in [2.05, 4.69) is 4.98 Å². The molecule has 0 saturated carbocycles. The number of rotatable bonds is 1. The highest BCUT2D eigenvalue weighted by molar-refractivity contribution is 6.35. The summed E-state index contributed by atoms with van der Waals surface area (Å²) in [5.41, 5.74) is 4.20. The molecule has 2 aromatic rings. The predicted octanol–water partition coefficient (Wildman–Crippen LogP) is 2.62. The zero-order chi connectivity index (χ0) is 12.6. The van der Waals surface area contributed by atoms with Crippen LogP contribution in [0.4, 0.5) is 0 Å². The Bertz CT molecular complexity index is 611. The molecule has 0 saturated heterocycles. The Morgan fingerprint density at radius 1 is 1.35 bits per heavy atom. The second-order valence-electron chi connectivity index (χ2n) is 3.85. The molecule has 17 heavy (non-hydrogen) atoms. The van der Waals surface area contributed by atoms with Crippen molar-refractivity contribution in [3.63, 3.8) is 0 Å². The molecule has 1 aromatic carbocycles. The smallest absolute Gasteiger partial charge is 0.288 e. The van der Waals surface area contributed by atoms with E-state index in [1.165, 1.54) is 0 Å². The van der Waals surface area contributed by atoms with Gasteiger partial charge in [0.05, 0.1) is 10.5 Å². The van der Waals surface area contributed by atoms with Crippen LogP contribution in [-0.2, 0) is 0 Å². The van der Waals surface area contributed by atoms with Crippen molar-refractivity contribution in [2.75, 3.05) is 0 Å². The van der Waals surface area contributed by atoms with Crippen LogP contribution in [0.5, 0.6) is 0 Å². The first kappa shape index (κ1) is 11.8. The number of aromatic nitrogens is 1. The first-order valence-electron chi connectivity index (χ1n) is 5.05. The Morgan fingerprint density at radius 3 is 2.71 bits per heavy atom. The Hall–Kier alpha value is -1.65. The SMILES string of the molecule is Cc1ccc(Cl)c2c(C)cc(C(=O)NO)nc12. The Kier molecular flexibility index (Phi) is 3.00. The molecule has 0 aliphatic rings. The molecular weight excluding hydrogens is 240 g/mol. The van der Waals surface area contributed by atoms with Gasteiger partial charge in [-0.1, -0.05) is 17.7 Å². The van der Waals surface area contributed by atoms with E-state index in [0.29, 0.717) is 10.5 Å². The number of carbonyl (C=O) groups is 1. The number of halogens is 1. The maximum absolute atomic E-state index is 11.3. The zero-order valence-corrected chi connectivity index (χ0v) is 10.2. The van der Waals surface area contributed by atoms with Gasteiger partial charge in [-0.25, -0.2) is 10.5 Å². The number of carbonyl (C=O) groups excluding carboxylic acids is 1. The molecule has 4 nitrogen and oxygen atoms in total. The molecule has 0 aliphatic heterocycles. The van der Waals surface area contributed by atoms with E-state index in [0.717, 1.165) is 16.5 Å². The van der Waals surface area contributed by atoms with Crippen molar-refractivity contribution in [2.24, 2.45) is 0 Å². The Morgan fingerprint density at radius 2 is 2.06 bits per heavy atom. The van der Waals surface area contributed by atoms with Crippen LogP contribution < -0.4 is 5.48 Å². The van der Waals surface area contributed by atoms with Gasteiger partial charge in [-0.2, -0.15) is 0 Å². The van der Waals surface area contributed by atoms with Crippen LogP contribution in [0, 0.1) is 13.8 Å². The molecule has 1 heterocycles. The van der Waals surface area contributed by atoms with E-state index in [4.69, 9.17) is 16.8 Å². The molecular formula is C12H11ClN2O2. The lowest BCUT2D eigenvalue weighted by molar-refractivity contribution is 0.0701. The summed E-state index contributed by atoms with van der Waals surface area (Å²) in [6.45, 7) is 3.75. The van der Waals surface area contributed by atoms with Crippen molar-refractivity contribution >= 4 is 28.4 Å². The predicted molar refractivity (Wildman–Crippen MR) is 65.5 cm³/mol. The van der Waals surface area contributed by atoms with Crippen LogP contribution in [0.1, 0.15) is 21.6 Å². The number of pyridine rings is 1. The fourth-order valence-corrected chi connectivity index (χ4v) is 2.10. The average molecular weight is 251 g/mol. The number of amides is 1. The average Bonchev–Trinajstić information content (AvgIpc) is 2.32. The first-order chi connectivity index (χ1) is 8.04. The highest BCUT2D eigenvalue weighted by Crippen LogP contribution is 2.28. The minimum atomic E-state index is -0.630. The number of benzene rings is 1. The van der Waals surface area contributed by atoms with Crippen LogP contribution in [0.2, 0.25) is 5.02 Å². The summed E-state index contributed by atoms with van der Waals surface area (Å²) in [7, 11) is 0. The minimum absolute atomic E-state index is 0.169. The third kappa shape index (κ3) is 1.97. The van der Waals surface area contributed by atoms with E-state index in [9.17, 15) is 4.79 Å². The maximum Gasteiger partial charge on any atom is 0.293 e. The van der Waals surface area contributed by atoms with Crippen molar-refractivity contribution < 1.29 is 10.0 Å². The monoisotopic (exact) mass is 250 g/mol. The number of fused-ring (bicyclic) bond motifs is 1. The summed E-state index contributed by atoms with van der Waals surface area (Å²) in [5.74, 6) is -0.630. The summed E-state index contributed by atoms with van der Waals surface area (Å²) in [5, 5.41) is 10.0.